The molecular formula is C17H14FN3O3S2. The second kappa shape index (κ2) is 8.63. The van der Waals surface area contributed by atoms with E-state index in [2.05, 4.69) is 15.6 Å². The van der Waals surface area contributed by atoms with E-state index in [0.717, 1.165) is 5.69 Å². The number of furan rings is 1. The average Bonchev–Trinajstić information content (AvgIpc) is 3.29. The molecule has 2 N–H and O–H groups in total. The Morgan fingerprint density at radius 1 is 1.19 bits per heavy atom. The number of halogens is 1. The summed E-state index contributed by atoms with van der Waals surface area (Å²) >= 11 is 2.70. The second-order valence-corrected chi connectivity index (χ2v) is 6.97. The molecule has 2 aromatic heterocycles. The maximum atomic E-state index is 12.8. The quantitative estimate of drug-likeness (QED) is 0.636. The zero-order valence-electron chi connectivity index (χ0n) is 13.4. The molecule has 0 saturated carbocycles. The van der Waals surface area contributed by atoms with Crippen LogP contribution in [0.2, 0.25) is 0 Å². The van der Waals surface area contributed by atoms with Crippen molar-refractivity contribution in [2.24, 2.45) is 0 Å². The molecule has 0 aliphatic heterocycles. The van der Waals surface area contributed by atoms with Crippen molar-refractivity contribution >= 4 is 45.7 Å². The molecule has 0 radical (unpaired) electrons. The van der Waals surface area contributed by atoms with Gasteiger partial charge < -0.3 is 9.73 Å². The largest absolute Gasteiger partial charge is 0.459 e. The number of thiazole rings is 1. The van der Waals surface area contributed by atoms with Gasteiger partial charge in [-0.3, -0.25) is 14.9 Å². The highest BCUT2D eigenvalue weighted by atomic mass is 32.2. The molecule has 6 nitrogen and oxygen atoms in total. The van der Waals surface area contributed by atoms with Gasteiger partial charge in [-0.15, -0.1) is 23.1 Å². The van der Waals surface area contributed by atoms with Gasteiger partial charge in [0.15, 0.2) is 10.9 Å². The van der Waals surface area contributed by atoms with Crippen LogP contribution in [0.4, 0.5) is 15.2 Å². The summed E-state index contributed by atoms with van der Waals surface area (Å²) in [6.07, 6.45) is 1.43. The monoisotopic (exact) mass is 391 g/mol. The number of anilines is 2. The molecule has 3 aromatic rings. The number of nitrogens with zero attached hydrogens (tertiary/aromatic N) is 1. The van der Waals surface area contributed by atoms with Crippen molar-refractivity contribution in [1.82, 2.24) is 4.98 Å². The van der Waals surface area contributed by atoms with Crippen LogP contribution in [0, 0.1) is 5.82 Å². The van der Waals surface area contributed by atoms with Crippen LogP contribution in [0.15, 0.2) is 52.5 Å². The minimum absolute atomic E-state index is 0.178. The highest BCUT2D eigenvalue weighted by Crippen LogP contribution is 2.20. The van der Waals surface area contributed by atoms with Gasteiger partial charge in [-0.2, -0.15) is 0 Å². The van der Waals surface area contributed by atoms with Crippen molar-refractivity contribution in [3.8, 4) is 0 Å². The molecule has 0 atom stereocenters. The first-order chi connectivity index (χ1) is 12.6. The van der Waals surface area contributed by atoms with E-state index >= 15 is 0 Å². The number of carbonyl (C=O) groups excluding carboxylic acids is 2. The zero-order valence-corrected chi connectivity index (χ0v) is 15.0. The van der Waals surface area contributed by atoms with Crippen molar-refractivity contribution in [3.05, 3.63) is 65.3 Å². The topological polar surface area (TPSA) is 84.2 Å². The molecule has 0 spiro atoms. The Labute approximate surface area is 156 Å². The van der Waals surface area contributed by atoms with Crippen LogP contribution in [0.1, 0.15) is 16.2 Å². The maximum Gasteiger partial charge on any atom is 0.293 e. The minimum atomic E-state index is -0.359. The number of hydrogen-bond acceptors (Lipinski definition) is 6. The maximum absolute atomic E-state index is 12.8. The molecular weight excluding hydrogens is 377 g/mol. The standard InChI is InChI=1S/C17H14FN3O3S2/c18-11-3-5-12(6-4-11)19-15(22)10-25-8-13-9-26-17(20-13)21-16(23)14-2-1-7-24-14/h1-7,9H,8,10H2,(H,19,22)(H,20,21,23). The molecule has 9 heteroatoms. The van der Waals surface area contributed by atoms with Gasteiger partial charge in [-0.1, -0.05) is 0 Å². The van der Waals surface area contributed by atoms with Gasteiger partial charge in [0.05, 0.1) is 17.7 Å². The van der Waals surface area contributed by atoms with Crippen molar-refractivity contribution in [1.29, 1.82) is 0 Å². The van der Waals surface area contributed by atoms with Crippen molar-refractivity contribution in [2.45, 2.75) is 5.75 Å². The lowest BCUT2D eigenvalue weighted by Crippen LogP contribution is -2.14. The summed E-state index contributed by atoms with van der Waals surface area (Å²) in [7, 11) is 0. The third-order valence-electron chi connectivity index (χ3n) is 3.13. The molecule has 3 rings (SSSR count). The number of thioether (sulfide) groups is 1. The van der Waals surface area contributed by atoms with E-state index in [1.165, 1.54) is 53.6 Å². The Morgan fingerprint density at radius 3 is 2.73 bits per heavy atom. The van der Waals surface area contributed by atoms with E-state index in [0.29, 0.717) is 16.6 Å². The minimum Gasteiger partial charge on any atom is -0.459 e. The molecule has 26 heavy (non-hydrogen) atoms. The van der Waals surface area contributed by atoms with Crippen LogP contribution in [-0.4, -0.2) is 22.6 Å². The Kier molecular flexibility index (Phi) is 6.03. The van der Waals surface area contributed by atoms with E-state index in [-0.39, 0.29) is 29.1 Å². The van der Waals surface area contributed by atoms with Gasteiger partial charge in [0, 0.05) is 16.8 Å². The number of benzene rings is 1. The van der Waals surface area contributed by atoms with Gasteiger partial charge in [0.25, 0.3) is 5.91 Å². The summed E-state index contributed by atoms with van der Waals surface area (Å²) in [6, 6.07) is 8.79. The van der Waals surface area contributed by atoms with Crippen molar-refractivity contribution in [2.75, 3.05) is 16.4 Å². The van der Waals surface area contributed by atoms with Crippen molar-refractivity contribution in [3.63, 3.8) is 0 Å². The van der Waals surface area contributed by atoms with Crippen molar-refractivity contribution < 1.29 is 18.4 Å². The highest BCUT2D eigenvalue weighted by molar-refractivity contribution is 7.99. The predicted molar refractivity (Wildman–Crippen MR) is 100.0 cm³/mol. The van der Waals surface area contributed by atoms with Crippen LogP contribution in [0.5, 0.6) is 0 Å². The first-order valence-electron chi connectivity index (χ1n) is 7.52. The second-order valence-electron chi connectivity index (χ2n) is 5.12. The van der Waals surface area contributed by atoms with E-state index in [1.54, 1.807) is 12.1 Å². The summed E-state index contributed by atoms with van der Waals surface area (Å²) in [6.45, 7) is 0. The number of nitrogens with one attached hydrogen (secondary N) is 2. The Morgan fingerprint density at radius 2 is 2.00 bits per heavy atom. The van der Waals surface area contributed by atoms with Crippen LogP contribution < -0.4 is 10.6 Å². The highest BCUT2D eigenvalue weighted by Gasteiger charge is 2.11. The first-order valence-corrected chi connectivity index (χ1v) is 9.56. The van der Waals surface area contributed by atoms with E-state index in [9.17, 15) is 14.0 Å². The molecule has 0 aliphatic rings. The SMILES string of the molecule is O=C(CSCc1csc(NC(=O)c2ccco2)n1)Nc1ccc(F)cc1. The van der Waals surface area contributed by atoms with Crippen LogP contribution in [0.25, 0.3) is 0 Å². The number of aromatic nitrogens is 1. The molecule has 2 amide bonds. The molecule has 134 valence electrons. The molecule has 0 aliphatic carbocycles. The van der Waals surface area contributed by atoms with Gasteiger partial charge in [-0.05, 0) is 36.4 Å². The Hall–Kier alpha value is -2.65. The Bertz CT molecular complexity index is 879. The average molecular weight is 391 g/mol. The lowest BCUT2D eigenvalue weighted by Gasteiger charge is -2.04. The summed E-state index contributed by atoms with van der Waals surface area (Å²) in [5, 5.41) is 7.64. The predicted octanol–water partition coefficient (Wildman–Crippen LogP) is 4.00. The van der Waals surface area contributed by atoms with E-state index in [1.807, 2.05) is 5.38 Å². The Balaban J connectivity index is 1.42. The summed E-state index contributed by atoms with van der Waals surface area (Å²) in [4.78, 5) is 28.0. The molecule has 0 unspecified atom stereocenters. The van der Waals surface area contributed by atoms with E-state index in [4.69, 9.17) is 4.42 Å². The molecule has 1 aromatic carbocycles. The van der Waals surface area contributed by atoms with E-state index < -0.39 is 0 Å². The van der Waals surface area contributed by atoms with Gasteiger partial charge in [0.1, 0.15) is 5.82 Å². The zero-order chi connectivity index (χ0) is 18.4. The molecule has 0 saturated heterocycles. The smallest absolute Gasteiger partial charge is 0.293 e. The first kappa shape index (κ1) is 18.2. The fourth-order valence-corrected chi connectivity index (χ4v) is 3.50. The van der Waals surface area contributed by atoms with Gasteiger partial charge in [-0.25, -0.2) is 9.37 Å². The van der Waals surface area contributed by atoms with Gasteiger partial charge in [0.2, 0.25) is 5.91 Å². The fourth-order valence-electron chi connectivity index (χ4n) is 1.98. The molecule has 2 heterocycles. The third-order valence-corrected chi connectivity index (χ3v) is 4.90. The number of carbonyl (C=O) groups is 2. The third kappa shape index (κ3) is 5.17. The normalized spacial score (nSPS) is 10.5. The number of hydrogen-bond donors (Lipinski definition) is 2. The summed E-state index contributed by atoms with van der Waals surface area (Å²) < 4.78 is 17.8. The molecule has 0 bridgehead atoms. The lowest BCUT2D eigenvalue weighted by atomic mass is 10.3. The molecule has 0 fully saturated rings. The van der Waals surface area contributed by atoms with Gasteiger partial charge >= 0.3 is 0 Å². The lowest BCUT2D eigenvalue weighted by molar-refractivity contribution is -0.113. The number of rotatable bonds is 7. The summed E-state index contributed by atoms with van der Waals surface area (Å²) in [5.74, 6) is 0.0993. The summed E-state index contributed by atoms with van der Waals surface area (Å²) in [5.41, 5.74) is 1.32. The van der Waals surface area contributed by atoms with Crippen LogP contribution in [0.3, 0.4) is 0 Å². The number of amides is 2. The fraction of sp³-hybridized carbons (Fsp3) is 0.118. The van der Waals surface area contributed by atoms with Crippen LogP contribution >= 0.6 is 23.1 Å². The van der Waals surface area contributed by atoms with Crippen LogP contribution in [-0.2, 0) is 10.5 Å².